The number of carbonyl (C=O) groups is 1. The number of nitrogens with zero attached hydrogens (tertiary/aromatic N) is 2. The fourth-order valence-electron chi connectivity index (χ4n) is 2.12. The number of amides is 1. The SMILES string of the molecule is CCC(C)C(C)(O)CNC(=O)CCc1cn(C)nc1C. The Morgan fingerprint density at radius 2 is 2.25 bits per heavy atom. The molecule has 5 nitrogen and oxygen atoms in total. The second-order valence-electron chi connectivity index (χ2n) is 5.86. The quantitative estimate of drug-likeness (QED) is 0.797. The number of hydrogen-bond acceptors (Lipinski definition) is 3. The average molecular weight is 281 g/mol. The molecule has 0 radical (unpaired) electrons. The lowest BCUT2D eigenvalue weighted by Crippen LogP contribution is -2.45. The summed E-state index contributed by atoms with van der Waals surface area (Å²) in [5.41, 5.74) is 1.21. The Morgan fingerprint density at radius 1 is 1.60 bits per heavy atom. The molecule has 114 valence electrons. The molecular weight excluding hydrogens is 254 g/mol. The van der Waals surface area contributed by atoms with Gasteiger partial charge in [-0.3, -0.25) is 9.48 Å². The minimum Gasteiger partial charge on any atom is -0.388 e. The first kappa shape index (κ1) is 16.7. The predicted octanol–water partition coefficient (Wildman–Crippen LogP) is 1.57. The van der Waals surface area contributed by atoms with Crippen LogP contribution in [0, 0.1) is 12.8 Å². The maximum atomic E-state index is 11.8. The first-order chi connectivity index (χ1) is 9.26. The van der Waals surface area contributed by atoms with E-state index in [4.69, 9.17) is 0 Å². The van der Waals surface area contributed by atoms with Gasteiger partial charge in [0.2, 0.25) is 5.91 Å². The van der Waals surface area contributed by atoms with E-state index in [0.717, 1.165) is 17.7 Å². The largest absolute Gasteiger partial charge is 0.388 e. The lowest BCUT2D eigenvalue weighted by atomic mass is 9.88. The number of nitrogens with one attached hydrogen (secondary N) is 1. The number of aryl methyl sites for hydroxylation is 3. The lowest BCUT2D eigenvalue weighted by Gasteiger charge is -2.29. The molecule has 0 aliphatic carbocycles. The molecule has 1 amide bonds. The maximum absolute atomic E-state index is 11.8. The van der Waals surface area contributed by atoms with Crippen LogP contribution in [0.1, 0.15) is 44.9 Å². The number of carbonyl (C=O) groups excluding carboxylic acids is 1. The summed E-state index contributed by atoms with van der Waals surface area (Å²) in [6.45, 7) is 8.04. The number of hydrogen-bond donors (Lipinski definition) is 2. The Kier molecular flexibility index (Phi) is 5.74. The summed E-state index contributed by atoms with van der Waals surface area (Å²) in [5.74, 6) is 0.125. The van der Waals surface area contributed by atoms with Crippen LogP contribution in [0.4, 0.5) is 0 Å². The topological polar surface area (TPSA) is 67.2 Å². The van der Waals surface area contributed by atoms with Crippen molar-refractivity contribution in [3.63, 3.8) is 0 Å². The summed E-state index contributed by atoms with van der Waals surface area (Å²) < 4.78 is 1.76. The molecule has 1 aromatic heterocycles. The third kappa shape index (κ3) is 4.63. The number of aliphatic hydroxyl groups is 1. The van der Waals surface area contributed by atoms with Gasteiger partial charge in [0, 0.05) is 26.2 Å². The Hall–Kier alpha value is -1.36. The first-order valence-corrected chi connectivity index (χ1v) is 7.24. The average Bonchev–Trinajstić information content (AvgIpc) is 2.71. The van der Waals surface area contributed by atoms with E-state index in [1.807, 2.05) is 34.0 Å². The summed E-state index contributed by atoms with van der Waals surface area (Å²) in [5, 5.41) is 17.3. The van der Waals surface area contributed by atoms with Crippen molar-refractivity contribution >= 4 is 5.91 Å². The van der Waals surface area contributed by atoms with Gasteiger partial charge in [-0.1, -0.05) is 20.3 Å². The fraction of sp³-hybridized carbons (Fsp3) is 0.733. The van der Waals surface area contributed by atoms with Gasteiger partial charge in [0.1, 0.15) is 0 Å². The molecule has 0 bridgehead atoms. The van der Waals surface area contributed by atoms with E-state index in [-0.39, 0.29) is 11.8 Å². The minimum atomic E-state index is -0.853. The zero-order valence-corrected chi connectivity index (χ0v) is 13.2. The van der Waals surface area contributed by atoms with Crippen LogP contribution >= 0.6 is 0 Å². The number of rotatable bonds is 7. The molecule has 1 heterocycles. The second kappa shape index (κ2) is 6.88. The van der Waals surface area contributed by atoms with Gasteiger partial charge in [0.05, 0.1) is 11.3 Å². The standard InChI is InChI=1S/C15H27N3O2/c1-6-11(2)15(4,20)10-16-14(19)8-7-13-9-18(5)17-12(13)3/h9,11,20H,6-8,10H2,1-5H3,(H,16,19). The molecule has 0 aliphatic rings. The van der Waals surface area contributed by atoms with Crippen LogP contribution in [0.15, 0.2) is 6.20 Å². The molecule has 0 aliphatic heterocycles. The van der Waals surface area contributed by atoms with Crippen LogP contribution < -0.4 is 5.32 Å². The van der Waals surface area contributed by atoms with Gasteiger partial charge in [-0.2, -0.15) is 5.10 Å². The zero-order valence-electron chi connectivity index (χ0n) is 13.2. The zero-order chi connectivity index (χ0) is 15.3. The van der Waals surface area contributed by atoms with Gasteiger partial charge >= 0.3 is 0 Å². The van der Waals surface area contributed by atoms with Crippen LogP contribution in [0.25, 0.3) is 0 Å². The highest BCUT2D eigenvalue weighted by Gasteiger charge is 2.27. The van der Waals surface area contributed by atoms with Crippen molar-refractivity contribution in [2.45, 2.75) is 52.6 Å². The molecule has 2 atom stereocenters. The van der Waals surface area contributed by atoms with E-state index in [0.29, 0.717) is 19.4 Å². The summed E-state index contributed by atoms with van der Waals surface area (Å²) in [6, 6.07) is 0. The van der Waals surface area contributed by atoms with Gasteiger partial charge in [0.15, 0.2) is 0 Å². The first-order valence-electron chi connectivity index (χ1n) is 7.24. The van der Waals surface area contributed by atoms with E-state index >= 15 is 0 Å². The lowest BCUT2D eigenvalue weighted by molar-refractivity contribution is -0.122. The molecule has 0 saturated carbocycles. The minimum absolute atomic E-state index is 0.0307. The summed E-state index contributed by atoms with van der Waals surface area (Å²) in [6.07, 6.45) is 3.93. The van der Waals surface area contributed by atoms with Crippen LogP contribution in [0.3, 0.4) is 0 Å². The maximum Gasteiger partial charge on any atom is 0.220 e. The Bertz CT molecular complexity index is 452. The molecule has 20 heavy (non-hydrogen) atoms. The third-order valence-electron chi connectivity index (χ3n) is 4.05. The van der Waals surface area contributed by atoms with Gasteiger partial charge < -0.3 is 10.4 Å². The van der Waals surface area contributed by atoms with Crippen LogP contribution in [-0.2, 0) is 18.3 Å². The Labute approximate surface area is 121 Å². The van der Waals surface area contributed by atoms with Crippen LogP contribution in [-0.4, -0.2) is 32.9 Å². The predicted molar refractivity (Wildman–Crippen MR) is 79.4 cm³/mol. The molecular formula is C15H27N3O2. The third-order valence-corrected chi connectivity index (χ3v) is 4.05. The van der Waals surface area contributed by atoms with Gasteiger partial charge in [-0.05, 0) is 31.7 Å². The van der Waals surface area contributed by atoms with E-state index in [9.17, 15) is 9.90 Å². The molecule has 0 aromatic carbocycles. The number of aromatic nitrogens is 2. The molecule has 1 rings (SSSR count). The fourth-order valence-corrected chi connectivity index (χ4v) is 2.12. The van der Waals surface area contributed by atoms with Crippen molar-refractivity contribution in [2.75, 3.05) is 6.54 Å². The summed E-state index contributed by atoms with van der Waals surface area (Å²) in [7, 11) is 1.87. The van der Waals surface area contributed by atoms with Crippen molar-refractivity contribution < 1.29 is 9.90 Å². The Balaban J connectivity index is 2.39. The van der Waals surface area contributed by atoms with Gasteiger partial charge in [-0.15, -0.1) is 0 Å². The molecule has 0 spiro atoms. The molecule has 5 heteroatoms. The van der Waals surface area contributed by atoms with E-state index in [2.05, 4.69) is 10.4 Å². The Morgan fingerprint density at radius 3 is 2.75 bits per heavy atom. The highest BCUT2D eigenvalue weighted by atomic mass is 16.3. The van der Waals surface area contributed by atoms with Gasteiger partial charge in [0.25, 0.3) is 0 Å². The molecule has 1 aromatic rings. The van der Waals surface area contributed by atoms with Crippen molar-refractivity contribution in [2.24, 2.45) is 13.0 Å². The highest BCUT2D eigenvalue weighted by Crippen LogP contribution is 2.18. The van der Waals surface area contributed by atoms with E-state index in [1.54, 1.807) is 11.6 Å². The van der Waals surface area contributed by atoms with Crippen LogP contribution in [0.5, 0.6) is 0 Å². The summed E-state index contributed by atoms with van der Waals surface area (Å²) in [4.78, 5) is 11.8. The molecule has 2 N–H and O–H groups in total. The highest BCUT2D eigenvalue weighted by molar-refractivity contribution is 5.76. The van der Waals surface area contributed by atoms with Crippen molar-refractivity contribution in [1.29, 1.82) is 0 Å². The van der Waals surface area contributed by atoms with Crippen molar-refractivity contribution in [3.8, 4) is 0 Å². The van der Waals surface area contributed by atoms with Crippen molar-refractivity contribution in [3.05, 3.63) is 17.5 Å². The smallest absolute Gasteiger partial charge is 0.220 e. The second-order valence-corrected chi connectivity index (χ2v) is 5.86. The van der Waals surface area contributed by atoms with E-state index < -0.39 is 5.60 Å². The van der Waals surface area contributed by atoms with Crippen molar-refractivity contribution in [1.82, 2.24) is 15.1 Å². The summed E-state index contributed by atoms with van der Waals surface area (Å²) >= 11 is 0. The monoisotopic (exact) mass is 281 g/mol. The molecule has 0 fully saturated rings. The van der Waals surface area contributed by atoms with Gasteiger partial charge in [-0.25, -0.2) is 0 Å². The van der Waals surface area contributed by atoms with Crippen LogP contribution in [0.2, 0.25) is 0 Å². The normalized spacial score (nSPS) is 15.7. The van der Waals surface area contributed by atoms with E-state index in [1.165, 1.54) is 0 Å². The molecule has 0 saturated heterocycles. The molecule has 2 unspecified atom stereocenters.